The van der Waals surface area contributed by atoms with Crippen molar-refractivity contribution in [2.45, 2.75) is 24.4 Å². The van der Waals surface area contributed by atoms with E-state index in [0.717, 1.165) is 0 Å². The highest BCUT2D eigenvalue weighted by atomic mass is 16.6. The number of methoxy groups -OCH3 is 1. The molecule has 0 bridgehead atoms. The lowest BCUT2D eigenvalue weighted by Crippen LogP contribution is -2.52. The molecule has 0 aromatic heterocycles. The molecule has 7 nitrogen and oxygen atoms in total. The number of hydrogen-bond acceptors (Lipinski definition) is 7. The molecule has 2 aromatic carbocycles. The van der Waals surface area contributed by atoms with Crippen molar-refractivity contribution in [1.82, 2.24) is 0 Å². The topological polar surface area (TPSA) is 102 Å². The predicted molar refractivity (Wildman–Crippen MR) is 103 cm³/mol. The summed E-state index contributed by atoms with van der Waals surface area (Å²) in [7, 11) is 1.38. The standard InChI is InChI=1S/C22H22O7/c1-27-17-12-16(13-28-21(25)14-8-4-2-5-9-14)18(23)20(19(17)24)29-22(26)15-10-6-3-7-11-15/h2-12,17-20,23-24H,13H2,1H3/t17-,18+,19+,20-/m1/s1. The highest BCUT2D eigenvalue weighted by Crippen LogP contribution is 2.26. The smallest absolute Gasteiger partial charge is 0.338 e. The average Bonchev–Trinajstić information content (AvgIpc) is 2.77. The van der Waals surface area contributed by atoms with Crippen LogP contribution in [0.15, 0.2) is 72.3 Å². The minimum Gasteiger partial charge on any atom is -0.457 e. The van der Waals surface area contributed by atoms with Crippen LogP contribution in [0.2, 0.25) is 0 Å². The molecule has 0 spiro atoms. The molecule has 1 aliphatic rings. The van der Waals surface area contributed by atoms with Crippen molar-refractivity contribution in [1.29, 1.82) is 0 Å². The van der Waals surface area contributed by atoms with E-state index < -0.39 is 36.4 Å². The summed E-state index contributed by atoms with van der Waals surface area (Å²) < 4.78 is 15.8. The van der Waals surface area contributed by atoms with Gasteiger partial charge in [0.05, 0.1) is 11.1 Å². The number of carbonyl (C=O) groups is 2. The van der Waals surface area contributed by atoms with Crippen molar-refractivity contribution >= 4 is 11.9 Å². The van der Waals surface area contributed by atoms with E-state index in [0.29, 0.717) is 5.56 Å². The molecule has 0 unspecified atom stereocenters. The van der Waals surface area contributed by atoms with E-state index in [9.17, 15) is 19.8 Å². The van der Waals surface area contributed by atoms with Gasteiger partial charge in [0.1, 0.15) is 24.9 Å². The summed E-state index contributed by atoms with van der Waals surface area (Å²) in [4.78, 5) is 24.5. The van der Waals surface area contributed by atoms with Gasteiger partial charge in [0.15, 0.2) is 6.10 Å². The maximum atomic E-state index is 12.4. The first kappa shape index (κ1) is 20.7. The van der Waals surface area contributed by atoms with Gasteiger partial charge in [-0.2, -0.15) is 0 Å². The molecule has 1 aliphatic carbocycles. The quantitative estimate of drug-likeness (QED) is 0.564. The molecule has 0 saturated heterocycles. The first-order chi connectivity index (χ1) is 14.0. The van der Waals surface area contributed by atoms with Gasteiger partial charge in [-0.1, -0.05) is 36.4 Å². The molecule has 29 heavy (non-hydrogen) atoms. The monoisotopic (exact) mass is 398 g/mol. The van der Waals surface area contributed by atoms with E-state index in [-0.39, 0.29) is 17.7 Å². The van der Waals surface area contributed by atoms with Gasteiger partial charge in [0.2, 0.25) is 0 Å². The maximum absolute atomic E-state index is 12.4. The van der Waals surface area contributed by atoms with E-state index in [1.54, 1.807) is 60.7 Å². The van der Waals surface area contributed by atoms with Gasteiger partial charge in [-0.15, -0.1) is 0 Å². The van der Waals surface area contributed by atoms with Gasteiger partial charge in [-0.3, -0.25) is 0 Å². The minimum atomic E-state index is -1.35. The molecule has 0 saturated carbocycles. The molecule has 0 heterocycles. The summed E-state index contributed by atoms with van der Waals surface area (Å²) in [6.07, 6.45) is -3.27. The summed E-state index contributed by atoms with van der Waals surface area (Å²) in [5.74, 6) is -1.25. The SMILES string of the molecule is CO[C@@H]1C=C(COC(=O)c2ccccc2)[C@H](O)[C@@H](OC(=O)c2ccccc2)[C@H]1O. The highest BCUT2D eigenvalue weighted by molar-refractivity contribution is 5.90. The molecular formula is C22H22O7. The Balaban J connectivity index is 1.72. The lowest BCUT2D eigenvalue weighted by Gasteiger charge is -2.36. The van der Waals surface area contributed by atoms with Gasteiger partial charge >= 0.3 is 11.9 Å². The number of carbonyl (C=O) groups excluding carboxylic acids is 2. The minimum absolute atomic E-state index is 0.235. The number of aliphatic hydroxyl groups excluding tert-OH is 2. The third kappa shape index (κ3) is 4.89. The van der Waals surface area contributed by atoms with Crippen molar-refractivity contribution < 1.29 is 34.0 Å². The molecule has 2 aromatic rings. The van der Waals surface area contributed by atoms with Crippen LogP contribution in [0.5, 0.6) is 0 Å². The number of rotatable bonds is 6. The molecule has 7 heteroatoms. The van der Waals surface area contributed by atoms with E-state index in [1.807, 2.05) is 0 Å². The van der Waals surface area contributed by atoms with Crippen molar-refractivity contribution in [3.05, 3.63) is 83.4 Å². The van der Waals surface area contributed by atoms with Crippen LogP contribution in [0.1, 0.15) is 20.7 Å². The van der Waals surface area contributed by atoms with E-state index in [2.05, 4.69) is 0 Å². The van der Waals surface area contributed by atoms with Crippen LogP contribution in [-0.2, 0) is 14.2 Å². The highest BCUT2D eigenvalue weighted by Gasteiger charge is 2.41. The van der Waals surface area contributed by atoms with Gasteiger partial charge < -0.3 is 24.4 Å². The second-order valence-electron chi connectivity index (χ2n) is 6.56. The third-order valence-corrected chi connectivity index (χ3v) is 4.65. The van der Waals surface area contributed by atoms with Gasteiger partial charge in [-0.05, 0) is 35.9 Å². The van der Waals surface area contributed by atoms with Crippen molar-refractivity contribution in [2.75, 3.05) is 13.7 Å². The summed E-state index contributed by atoms with van der Waals surface area (Å²) >= 11 is 0. The molecule has 0 amide bonds. The summed E-state index contributed by atoms with van der Waals surface area (Å²) in [5, 5.41) is 21.1. The molecule has 152 valence electrons. The zero-order chi connectivity index (χ0) is 20.8. The number of benzene rings is 2. The zero-order valence-electron chi connectivity index (χ0n) is 15.8. The van der Waals surface area contributed by atoms with Crippen LogP contribution in [0.3, 0.4) is 0 Å². The Labute approximate surface area is 168 Å². The van der Waals surface area contributed by atoms with Gasteiger partial charge in [0.25, 0.3) is 0 Å². The average molecular weight is 398 g/mol. The molecule has 3 rings (SSSR count). The lowest BCUT2D eigenvalue weighted by molar-refractivity contribution is -0.111. The van der Waals surface area contributed by atoms with E-state index in [4.69, 9.17) is 14.2 Å². The Morgan fingerprint density at radius 3 is 2.00 bits per heavy atom. The van der Waals surface area contributed by atoms with Crippen LogP contribution < -0.4 is 0 Å². The number of aliphatic hydroxyl groups is 2. The molecule has 0 fully saturated rings. The van der Waals surface area contributed by atoms with Crippen LogP contribution in [0.4, 0.5) is 0 Å². The number of hydrogen-bond donors (Lipinski definition) is 2. The number of ether oxygens (including phenoxy) is 3. The lowest BCUT2D eigenvalue weighted by atomic mass is 9.89. The zero-order valence-corrected chi connectivity index (χ0v) is 15.8. The van der Waals surface area contributed by atoms with Crippen LogP contribution in [-0.4, -0.2) is 60.3 Å². The van der Waals surface area contributed by atoms with Gasteiger partial charge in [0, 0.05) is 7.11 Å². The van der Waals surface area contributed by atoms with Crippen LogP contribution in [0, 0.1) is 0 Å². The van der Waals surface area contributed by atoms with Crippen molar-refractivity contribution in [2.24, 2.45) is 0 Å². The molecule has 0 radical (unpaired) electrons. The molecule has 4 atom stereocenters. The Hall–Kier alpha value is -3.00. The summed E-state index contributed by atoms with van der Waals surface area (Å²) in [5.41, 5.74) is 0.929. The number of esters is 2. The summed E-state index contributed by atoms with van der Waals surface area (Å²) in [6.45, 7) is -0.235. The van der Waals surface area contributed by atoms with Crippen molar-refractivity contribution in [3.63, 3.8) is 0 Å². The van der Waals surface area contributed by atoms with Crippen LogP contribution >= 0.6 is 0 Å². The Bertz CT molecular complexity index is 863. The fourth-order valence-electron chi connectivity index (χ4n) is 3.04. The predicted octanol–water partition coefficient (Wildman–Crippen LogP) is 1.75. The Kier molecular flexibility index (Phi) is 6.77. The summed E-state index contributed by atoms with van der Waals surface area (Å²) in [6, 6.07) is 16.7. The fourth-order valence-corrected chi connectivity index (χ4v) is 3.04. The van der Waals surface area contributed by atoms with Gasteiger partial charge in [-0.25, -0.2) is 9.59 Å². The van der Waals surface area contributed by atoms with E-state index in [1.165, 1.54) is 13.2 Å². The Morgan fingerprint density at radius 2 is 1.45 bits per heavy atom. The normalized spacial score (nSPS) is 23.8. The van der Waals surface area contributed by atoms with E-state index >= 15 is 0 Å². The first-order valence-electron chi connectivity index (χ1n) is 9.09. The Morgan fingerprint density at radius 1 is 0.897 bits per heavy atom. The molecule has 0 aliphatic heterocycles. The first-order valence-corrected chi connectivity index (χ1v) is 9.09. The largest absolute Gasteiger partial charge is 0.457 e. The second kappa shape index (κ2) is 9.47. The third-order valence-electron chi connectivity index (χ3n) is 4.65. The molecule has 2 N–H and O–H groups in total. The van der Waals surface area contributed by atoms with Crippen molar-refractivity contribution in [3.8, 4) is 0 Å². The van der Waals surface area contributed by atoms with Crippen LogP contribution in [0.25, 0.3) is 0 Å². The second-order valence-corrected chi connectivity index (χ2v) is 6.56. The fraction of sp³-hybridized carbons (Fsp3) is 0.273. The maximum Gasteiger partial charge on any atom is 0.338 e. The molecular weight excluding hydrogens is 376 g/mol.